The van der Waals surface area contributed by atoms with Crippen LogP contribution in [0.3, 0.4) is 0 Å². The number of carbonyl (C=O) groups is 1. The summed E-state index contributed by atoms with van der Waals surface area (Å²) in [5.41, 5.74) is 2.40. The van der Waals surface area contributed by atoms with Crippen LogP contribution in [-0.4, -0.2) is 37.8 Å². The zero-order valence-electron chi connectivity index (χ0n) is 24.3. The quantitative estimate of drug-likeness (QED) is 0.164. The van der Waals surface area contributed by atoms with Crippen LogP contribution in [-0.2, 0) is 9.47 Å². The Labute approximate surface area is 232 Å². The maximum atomic E-state index is 12.3. The first-order chi connectivity index (χ1) is 17.7. The van der Waals surface area contributed by atoms with Crippen LogP contribution in [0.1, 0.15) is 105 Å². The molecule has 5 heteroatoms. The van der Waals surface area contributed by atoms with Crippen LogP contribution in [0.15, 0.2) is 11.6 Å². The second kappa shape index (κ2) is 12.6. The molecule has 4 nitrogen and oxygen atoms in total. The van der Waals surface area contributed by atoms with Gasteiger partial charge >= 0.3 is 6.09 Å². The van der Waals surface area contributed by atoms with Gasteiger partial charge in [0.25, 0.3) is 0 Å². The molecule has 0 spiro atoms. The normalized spacial score (nSPS) is 37.8. The van der Waals surface area contributed by atoms with E-state index in [2.05, 4.69) is 46.0 Å². The van der Waals surface area contributed by atoms with Crippen molar-refractivity contribution in [3.63, 3.8) is 0 Å². The van der Waals surface area contributed by atoms with Crippen molar-refractivity contribution in [1.82, 2.24) is 5.32 Å². The van der Waals surface area contributed by atoms with Gasteiger partial charge in [0.15, 0.2) is 0 Å². The topological polar surface area (TPSA) is 47.6 Å². The van der Waals surface area contributed by atoms with Crippen molar-refractivity contribution in [3.05, 3.63) is 11.6 Å². The molecule has 0 aromatic heterocycles. The van der Waals surface area contributed by atoms with Gasteiger partial charge in [-0.2, -0.15) is 0 Å². The summed E-state index contributed by atoms with van der Waals surface area (Å²) in [6, 6.07) is 0. The van der Waals surface area contributed by atoms with Gasteiger partial charge in [-0.15, -0.1) is 11.6 Å². The summed E-state index contributed by atoms with van der Waals surface area (Å²) < 4.78 is 11.2. The standard InChI is InChI=1S/C32H54ClNO3/c1-22(2)7-6-8-23(3)27-11-12-28-26-10-9-24-21-25(37-30(35)34-18-20-36-19-17-33)13-15-31(24,4)29(26)14-16-32(27,28)5/h9,22-23,25-29H,6-8,10-21H2,1-5H3,(H,34,35)/t23-,25+,26+,27-,28+,29+,31+,32-/m1/s1. The average molecular weight is 536 g/mol. The summed E-state index contributed by atoms with van der Waals surface area (Å²) >= 11 is 5.62. The molecule has 8 atom stereocenters. The van der Waals surface area contributed by atoms with E-state index >= 15 is 0 Å². The molecule has 4 aliphatic rings. The molecule has 1 amide bonds. The second-order valence-corrected chi connectivity index (χ2v) is 14.2. The lowest BCUT2D eigenvalue weighted by Gasteiger charge is -2.58. The number of halogens is 1. The summed E-state index contributed by atoms with van der Waals surface area (Å²) in [5, 5.41) is 2.83. The Morgan fingerprint density at radius 2 is 1.89 bits per heavy atom. The van der Waals surface area contributed by atoms with E-state index < -0.39 is 0 Å². The smallest absolute Gasteiger partial charge is 0.407 e. The van der Waals surface area contributed by atoms with Gasteiger partial charge in [0, 0.05) is 18.8 Å². The van der Waals surface area contributed by atoms with Gasteiger partial charge in [-0.1, -0.05) is 65.5 Å². The number of rotatable bonds is 11. The molecule has 3 saturated carbocycles. The third kappa shape index (κ3) is 6.37. The lowest BCUT2D eigenvalue weighted by atomic mass is 9.47. The fraction of sp³-hybridized carbons (Fsp3) is 0.906. The van der Waals surface area contributed by atoms with E-state index in [0.29, 0.717) is 31.1 Å². The molecule has 0 aliphatic heterocycles. The molecule has 0 unspecified atom stereocenters. The van der Waals surface area contributed by atoms with E-state index in [4.69, 9.17) is 21.1 Å². The van der Waals surface area contributed by atoms with Gasteiger partial charge in [-0.25, -0.2) is 4.79 Å². The molecule has 3 fully saturated rings. The van der Waals surface area contributed by atoms with Gasteiger partial charge in [-0.05, 0) is 91.3 Å². The summed E-state index contributed by atoms with van der Waals surface area (Å²) in [4.78, 5) is 12.3. The minimum Gasteiger partial charge on any atom is -0.446 e. The number of alkyl carbamates (subject to hydrolysis) is 1. The Balaban J connectivity index is 1.34. The number of amides is 1. The minimum atomic E-state index is -0.315. The Kier molecular flexibility index (Phi) is 9.98. The predicted octanol–water partition coefficient (Wildman–Crippen LogP) is 8.38. The Morgan fingerprint density at radius 3 is 2.65 bits per heavy atom. The Morgan fingerprint density at radius 1 is 1.08 bits per heavy atom. The van der Waals surface area contributed by atoms with Crippen molar-refractivity contribution < 1.29 is 14.3 Å². The lowest BCUT2D eigenvalue weighted by Crippen LogP contribution is -2.51. The number of ether oxygens (including phenoxy) is 2. The van der Waals surface area contributed by atoms with E-state index in [9.17, 15) is 4.79 Å². The number of fused-ring (bicyclic) bond motifs is 5. The first-order valence-electron chi connectivity index (χ1n) is 15.5. The lowest BCUT2D eigenvalue weighted by molar-refractivity contribution is -0.0581. The minimum absolute atomic E-state index is 0.00367. The van der Waals surface area contributed by atoms with Gasteiger partial charge in [0.1, 0.15) is 6.10 Å². The molecule has 0 heterocycles. The molecule has 4 rings (SSSR count). The van der Waals surface area contributed by atoms with Crippen molar-refractivity contribution in [2.45, 2.75) is 111 Å². The number of alkyl halides is 1. The zero-order valence-corrected chi connectivity index (χ0v) is 25.1. The zero-order chi connectivity index (χ0) is 26.6. The molecule has 0 radical (unpaired) electrons. The van der Waals surface area contributed by atoms with Crippen LogP contribution in [0, 0.1) is 46.3 Å². The van der Waals surface area contributed by atoms with Crippen LogP contribution in [0.2, 0.25) is 0 Å². The number of allylic oxidation sites excluding steroid dienone is 1. The molecular weight excluding hydrogens is 482 g/mol. The van der Waals surface area contributed by atoms with E-state index in [1.54, 1.807) is 5.57 Å². The molecule has 0 aromatic carbocycles. The van der Waals surface area contributed by atoms with Crippen molar-refractivity contribution in [3.8, 4) is 0 Å². The third-order valence-electron chi connectivity index (χ3n) is 11.3. The average Bonchev–Trinajstić information content (AvgIpc) is 3.21. The summed E-state index contributed by atoms with van der Waals surface area (Å²) in [5.74, 6) is 5.60. The van der Waals surface area contributed by atoms with Crippen LogP contribution < -0.4 is 5.32 Å². The number of hydrogen-bond donors (Lipinski definition) is 1. The predicted molar refractivity (Wildman–Crippen MR) is 153 cm³/mol. The van der Waals surface area contributed by atoms with Crippen molar-refractivity contribution in [2.24, 2.45) is 46.3 Å². The van der Waals surface area contributed by atoms with Gasteiger partial charge in [0.2, 0.25) is 0 Å². The maximum absolute atomic E-state index is 12.3. The van der Waals surface area contributed by atoms with Crippen LogP contribution in [0.4, 0.5) is 4.79 Å². The number of nitrogens with one attached hydrogen (secondary N) is 1. The fourth-order valence-corrected chi connectivity index (χ4v) is 9.44. The van der Waals surface area contributed by atoms with E-state index in [0.717, 1.165) is 54.8 Å². The largest absolute Gasteiger partial charge is 0.446 e. The molecular formula is C32H54ClNO3. The van der Waals surface area contributed by atoms with Gasteiger partial charge in [-0.3, -0.25) is 0 Å². The SMILES string of the molecule is CC(C)CCC[C@@H](C)[C@H]1CC[C@H]2[C@@H]3CC=C4C[C@@H](OC(=O)NCCOCCCl)CC[C@]4(C)[C@H]3CC[C@]12C. The highest BCUT2D eigenvalue weighted by Crippen LogP contribution is 2.67. The number of hydrogen-bond acceptors (Lipinski definition) is 3. The number of carbonyl (C=O) groups excluding carboxylic acids is 1. The molecule has 4 aliphatic carbocycles. The highest BCUT2D eigenvalue weighted by molar-refractivity contribution is 6.17. The third-order valence-corrected chi connectivity index (χ3v) is 11.4. The molecule has 212 valence electrons. The first-order valence-corrected chi connectivity index (χ1v) is 16.0. The van der Waals surface area contributed by atoms with Crippen LogP contribution in [0.25, 0.3) is 0 Å². The van der Waals surface area contributed by atoms with Crippen molar-refractivity contribution in [2.75, 3.05) is 25.6 Å². The monoisotopic (exact) mass is 535 g/mol. The second-order valence-electron chi connectivity index (χ2n) is 13.8. The highest BCUT2D eigenvalue weighted by atomic mass is 35.5. The first kappa shape index (κ1) is 29.2. The Hall–Kier alpha value is -0.740. The van der Waals surface area contributed by atoms with Crippen molar-refractivity contribution in [1.29, 1.82) is 0 Å². The molecule has 0 aromatic rings. The molecule has 0 bridgehead atoms. The van der Waals surface area contributed by atoms with Gasteiger partial charge < -0.3 is 14.8 Å². The fourth-order valence-electron chi connectivity index (χ4n) is 9.33. The Bertz CT molecular complexity index is 799. The molecule has 1 N–H and O–H groups in total. The maximum Gasteiger partial charge on any atom is 0.407 e. The van der Waals surface area contributed by atoms with E-state index in [-0.39, 0.29) is 17.6 Å². The molecule has 0 saturated heterocycles. The van der Waals surface area contributed by atoms with Crippen molar-refractivity contribution >= 4 is 17.7 Å². The summed E-state index contributed by atoms with van der Waals surface area (Å²) in [7, 11) is 0. The van der Waals surface area contributed by atoms with Crippen LogP contribution >= 0.6 is 11.6 Å². The van der Waals surface area contributed by atoms with E-state index in [1.165, 1.54) is 51.4 Å². The van der Waals surface area contributed by atoms with Gasteiger partial charge in [0.05, 0.1) is 13.2 Å². The summed E-state index contributed by atoms with van der Waals surface area (Å²) in [6.45, 7) is 13.9. The molecule has 37 heavy (non-hydrogen) atoms. The highest BCUT2D eigenvalue weighted by Gasteiger charge is 2.59. The van der Waals surface area contributed by atoms with Crippen LogP contribution in [0.5, 0.6) is 0 Å². The van der Waals surface area contributed by atoms with E-state index in [1.807, 2.05) is 0 Å². The summed E-state index contributed by atoms with van der Waals surface area (Å²) in [6.07, 6.45) is 16.4.